The van der Waals surface area contributed by atoms with E-state index in [4.69, 9.17) is 10.5 Å². The first kappa shape index (κ1) is 39.8. The van der Waals surface area contributed by atoms with Gasteiger partial charge in [-0.1, -0.05) is 52.0 Å². The summed E-state index contributed by atoms with van der Waals surface area (Å²) in [5, 5.41) is 25.8. The van der Waals surface area contributed by atoms with Crippen LogP contribution in [0, 0.1) is 11.8 Å². The van der Waals surface area contributed by atoms with Crippen LogP contribution in [-0.2, 0) is 30.5 Å². The number of thiophene rings is 1. The molecular weight excluding hydrogens is 660 g/mol. The van der Waals surface area contributed by atoms with Crippen molar-refractivity contribution in [3.63, 3.8) is 0 Å². The lowest BCUT2D eigenvalue weighted by Crippen LogP contribution is -2.56. The third-order valence-electron chi connectivity index (χ3n) is 7.81. The van der Waals surface area contributed by atoms with Crippen molar-refractivity contribution in [2.24, 2.45) is 17.6 Å². The van der Waals surface area contributed by atoms with E-state index in [-0.39, 0.29) is 30.7 Å². The zero-order valence-electron chi connectivity index (χ0n) is 29.1. The molecule has 0 aliphatic rings. The van der Waals surface area contributed by atoms with E-state index in [9.17, 15) is 29.1 Å². The number of nitrogens with one attached hydrogen (secondary N) is 4. The number of rotatable bonds is 19. The predicted octanol–water partition coefficient (Wildman–Crippen LogP) is 2.54. The largest absolute Gasteiger partial charge is 0.390 e. The molecule has 0 aliphatic carbocycles. The summed E-state index contributed by atoms with van der Waals surface area (Å²) in [7, 11) is 0. The number of ether oxygens (including phenoxy) is 1. The quantitative estimate of drug-likeness (QED) is 0.109. The van der Waals surface area contributed by atoms with Crippen LogP contribution in [0.5, 0.6) is 0 Å². The molecule has 0 spiro atoms. The van der Waals surface area contributed by atoms with Gasteiger partial charge in [-0.2, -0.15) is 11.3 Å². The van der Waals surface area contributed by atoms with E-state index in [1.54, 1.807) is 37.3 Å². The number of primary amides is 1. The Morgan fingerprint density at radius 2 is 1.66 bits per heavy atom. The van der Waals surface area contributed by atoms with Crippen LogP contribution in [0.1, 0.15) is 63.5 Å². The van der Waals surface area contributed by atoms with Crippen LogP contribution < -0.4 is 27.0 Å². The van der Waals surface area contributed by atoms with Crippen LogP contribution >= 0.6 is 11.3 Å². The lowest BCUT2D eigenvalue weighted by molar-refractivity contribution is -0.132. The normalized spacial score (nSPS) is 14.2. The fourth-order valence-corrected chi connectivity index (χ4v) is 5.72. The zero-order chi connectivity index (χ0) is 36.8. The monoisotopic (exact) mass is 708 g/mol. The number of carbonyl (C=O) groups excluding carboxylic acids is 5. The number of aliphatic hydroxyl groups is 1. The molecule has 0 saturated carbocycles. The van der Waals surface area contributed by atoms with Gasteiger partial charge in [0.1, 0.15) is 23.8 Å². The Hall–Kier alpha value is -4.66. The molecule has 7 N–H and O–H groups in total. The zero-order valence-corrected chi connectivity index (χ0v) is 29.9. The van der Waals surface area contributed by atoms with Crippen molar-refractivity contribution >= 4 is 40.9 Å². The summed E-state index contributed by atoms with van der Waals surface area (Å²) in [5.41, 5.74) is 8.52. The highest BCUT2D eigenvalue weighted by molar-refractivity contribution is 7.08. The van der Waals surface area contributed by atoms with Crippen molar-refractivity contribution in [1.29, 1.82) is 0 Å². The fraction of sp³-hybridized carbons (Fsp3) is 0.444. The molecule has 0 fully saturated rings. The molecule has 2 aromatic heterocycles. The van der Waals surface area contributed by atoms with Gasteiger partial charge < -0.3 is 36.8 Å². The number of hydrogen-bond acceptors (Lipinski definition) is 9. The number of aliphatic hydroxyl groups excluding tert-OH is 1. The molecule has 0 saturated heterocycles. The maximum absolute atomic E-state index is 13.6. The van der Waals surface area contributed by atoms with Gasteiger partial charge in [-0.05, 0) is 76.9 Å². The summed E-state index contributed by atoms with van der Waals surface area (Å²) in [6, 6.07) is 10.6. The second-order valence-electron chi connectivity index (χ2n) is 12.9. The van der Waals surface area contributed by atoms with Gasteiger partial charge in [0.2, 0.25) is 23.6 Å². The fourth-order valence-electron chi connectivity index (χ4n) is 5.05. The van der Waals surface area contributed by atoms with Gasteiger partial charge in [-0.3, -0.25) is 29.0 Å². The van der Waals surface area contributed by atoms with Crippen LogP contribution in [0.15, 0.2) is 65.5 Å². The number of nitrogens with two attached hydrogens (primary N) is 1. The second-order valence-corrected chi connectivity index (χ2v) is 13.7. The average molecular weight is 709 g/mol. The number of pyridine rings is 1. The minimum atomic E-state index is -1.44. The van der Waals surface area contributed by atoms with Crippen molar-refractivity contribution < 1.29 is 33.8 Å². The lowest BCUT2D eigenvalue weighted by atomic mass is 10.0. The highest BCUT2D eigenvalue weighted by Crippen LogP contribution is 2.23. The van der Waals surface area contributed by atoms with Gasteiger partial charge in [-0.25, -0.2) is 0 Å². The van der Waals surface area contributed by atoms with Crippen LogP contribution in [0.25, 0.3) is 11.1 Å². The van der Waals surface area contributed by atoms with Crippen molar-refractivity contribution in [2.75, 3.05) is 6.61 Å². The van der Waals surface area contributed by atoms with E-state index < -0.39 is 66.2 Å². The number of aromatic nitrogens is 1. The molecule has 0 unspecified atom stereocenters. The van der Waals surface area contributed by atoms with E-state index in [1.807, 2.05) is 54.9 Å². The number of amides is 5. The van der Waals surface area contributed by atoms with Crippen molar-refractivity contribution in [3.05, 3.63) is 76.7 Å². The summed E-state index contributed by atoms with van der Waals surface area (Å²) in [6.45, 7) is 8.71. The summed E-state index contributed by atoms with van der Waals surface area (Å²) >= 11 is 1.59. The molecule has 270 valence electrons. The number of benzene rings is 1. The maximum atomic E-state index is 13.6. The number of nitrogens with zero attached hydrogens (tertiary/aromatic N) is 1. The summed E-state index contributed by atoms with van der Waals surface area (Å²) in [6.07, 6.45) is -0.127. The first-order chi connectivity index (χ1) is 23.7. The van der Waals surface area contributed by atoms with Gasteiger partial charge in [0.25, 0.3) is 5.91 Å². The van der Waals surface area contributed by atoms with Crippen molar-refractivity contribution in [1.82, 2.24) is 26.3 Å². The minimum Gasteiger partial charge on any atom is -0.390 e. The molecule has 5 atom stereocenters. The SMILES string of the molecule is CC(C)C[C@H](NC(=O)[C@H](C)NC(=O)C[C@H](O)[C@H](COCc1cccc(-c2ccsc2)c1)NC(=O)[C@@H](NC(=O)c1ccccn1)C(C)C)C(N)=O. The summed E-state index contributed by atoms with van der Waals surface area (Å²) in [5.74, 6) is -3.36. The highest BCUT2D eigenvalue weighted by Gasteiger charge is 2.31. The Morgan fingerprint density at radius 3 is 2.28 bits per heavy atom. The standard InChI is InChI=1S/C36H48N6O7S/c1-21(2)15-28(33(37)45)40-34(46)23(5)39-31(44)17-30(43)29(19-49-18-24-9-8-10-25(16-24)26-12-14-50-20-26)41-36(48)32(22(3)4)42-35(47)27-11-6-7-13-38-27/h6-14,16,20-23,28-30,32,43H,15,17-19H2,1-5H3,(H2,37,45)(H,39,44)(H,40,46)(H,41,48)(H,42,47)/t23-,28-,29-,30-,32-/m0/s1. The Kier molecular flexibility index (Phi) is 15.5. The Balaban J connectivity index is 1.70. The molecule has 13 nitrogen and oxygen atoms in total. The summed E-state index contributed by atoms with van der Waals surface area (Å²) < 4.78 is 5.96. The van der Waals surface area contributed by atoms with Crippen LogP contribution in [0.3, 0.4) is 0 Å². The Morgan fingerprint density at radius 1 is 0.900 bits per heavy atom. The molecule has 3 aromatic rings. The third kappa shape index (κ3) is 12.7. The van der Waals surface area contributed by atoms with Crippen LogP contribution in [0.4, 0.5) is 0 Å². The molecule has 0 radical (unpaired) electrons. The first-order valence-corrected chi connectivity index (χ1v) is 17.5. The molecular formula is C36H48N6O7S. The molecule has 50 heavy (non-hydrogen) atoms. The smallest absolute Gasteiger partial charge is 0.270 e. The Bertz CT molecular complexity index is 1570. The van der Waals surface area contributed by atoms with Gasteiger partial charge in [-0.15, -0.1) is 0 Å². The molecule has 2 heterocycles. The van der Waals surface area contributed by atoms with E-state index in [2.05, 4.69) is 26.3 Å². The van der Waals surface area contributed by atoms with Crippen LogP contribution in [0.2, 0.25) is 0 Å². The van der Waals surface area contributed by atoms with Gasteiger partial charge in [0.15, 0.2) is 0 Å². The van der Waals surface area contributed by atoms with Crippen molar-refractivity contribution in [2.45, 2.75) is 84.3 Å². The molecule has 0 bridgehead atoms. The minimum absolute atomic E-state index is 0.0886. The first-order valence-electron chi connectivity index (χ1n) is 16.5. The van der Waals surface area contributed by atoms with E-state index >= 15 is 0 Å². The van der Waals surface area contributed by atoms with E-state index in [0.717, 1.165) is 16.7 Å². The molecule has 0 aliphatic heterocycles. The van der Waals surface area contributed by atoms with Crippen LogP contribution in [-0.4, -0.2) is 76.5 Å². The number of hydrogen-bond donors (Lipinski definition) is 6. The number of carbonyl (C=O) groups is 5. The van der Waals surface area contributed by atoms with E-state index in [1.165, 1.54) is 19.2 Å². The molecule has 14 heteroatoms. The molecule has 1 aromatic carbocycles. The van der Waals surface area contributed by atoms with E-state index in [0.29, 0.717) is 6.42 Å². The topological polar surface area (TPSA) is 202 Å². The third-order valence-corrected chi connectivity index (χ3v) is 8.49. The maximum Gasteiger partial charge on any atom is 0.270 e. The predicted molar refractivity (Wildman–Crippen MR) is 190 cm³/mol. The highest BCUT2D eigenvalue weighted by atomic mass is 32.1. The molecule has 3 rings (SSSR count). The molecule has 5 amide bonds. The van der Waals surface area contributed by atoms with Crippen molar-refractivity contribution in [3.8, 4) is 11.1 Å². The average Bonchev–Trinajstić information content (AvgIpc) is 3.61. The summed E-state index contributed by atoms with van der Waals surface area (Å²) in [4.78, 5) is 68.0. The van der Waals surface area contributed by atoms with Gasteiger partial charge in [0, 0.05) is 6.20 Å². The van der Waals surface area contributed by atoms with Gasteiger partial charge in [0.05, 0.1) is 31.8 Å². The van der Waals surface area contributed by atoms with Gasteiger partial charge >= 0.3 is 0 Å². The Labute approximate surface area is 296 Å². The lowest BCUT2D eigenvalue weighted by Gasteiger charge is -2.28. The second kappa shape index (κ2) is 19.5.